The quantitative estimate of drug-likeness (QED) is 0.633. The topological polar surface area (TPSA) is 95.3 Å². The van der Waals surface area contributed by atoms with Gasteiger partial charge in [0.25, 0.3) is 11.1 Å². The van der Waals surface area contributed by atoms with E-state index in [0.717, 1.165) is 16.8 Å². The van der Waals surface area contributed by atoms with Crippen molar-refractivity contribution < 1.29 is 10.2 Å². The number of aryl methyl sites for hydroxylation is 1. The molecule has 6 nitrogen and oxygen atoms in total. The molecule has 0 atom stereocenters. The van der Waals surface area contributed by atoms with E-state index in [0.29, 0.717) is 0 Å². The van der Waals surface area contributed by atoms with Gasteiger partial charge >= 0.3 is 0 Å². The van der Waals surface area contributed by atoms with Crippen molar-refractivity contribution in [1.82, 2.24) is 9.78 Å². The molecule has 0 fully saturated rings. The van der Waals surface area contributed by atoms with E-state index in [1.165, 1.54) is 7.05 Å². The highest BCUT2D eigenvalue weighted by molar-refractivity contribution is 5.84. The lowest BCUT2D eigenvalue weighted by molar-refractivity contribution is 0.404. The summed E-state index contributed by atoms with van der Waals surface area (Å²) in [4.78, 5) is 23.0. The average molecular weight is 268 g/mol. The molecule has 19 heavy (non-hydrogen) atoms. The highest BCUT2D eigenvalue weighted by Gasteiger charge is 2.09. The highest BCUT2D eigenvalue weighted by atomic mass is 16.3. The van der Waals surface area contributed by atoms with Crippen LogP contribution in [-0.4, -0.2) is 20.0 Å². The van der Waals surface area contributed by atoms with Gasteiger partial charge in [-0.1, -0.05) is 27.7 Å². The molecule has 1 heterocycles. The molecular formula is C13H20N2O4. The molecule has 0 bridgehead atoms. The second-order valence-electron chi connectivity index (χ2n) is 3.19. The standard InChI is InChI=1S/C9H8N2O4.2C2H6/c1-11-9(15)5-3-7(13)6(12)2-4(5)8(14)10-11;2*1-2/h2-3,12-13H,1H3,(H,10,14);2*1-2H3. The van der Waals surface area contributed by atoms with Gasteiger partial charge in [-0.2, -0.15) is 0 Å². The van der Waals surface area contributed by atoms with Crippen molar-refractivity contribution >= 4 is 10.8 Å². The van der Waals surface area contributed by atoms with Crippen LogP contribution in [0.15, 0.2) is 21.7 Å². The van der Waals surface area contributed by atoms with Gasteiger partial charge in [-0.05, 0) is 12.1 Å². The van der Waals surface area contributed by atoms with E-state index in [-0.39, 0.29) is 10.8 Å². The third kappa shape index (κ3) is 3.37. The normalized spacial score (nSPS) is 9.11. The minimum Gasteiger partial charge on any atom is -0.504 e. The molecule has 3 N–H and O–H groups in total. The Morgan fingerprint density at radius 3 is 1.84 bits per heavy atom. The van der Waals surface area contributed by atoms with Gasteiger partial charge in [-0.3, -0.25) is 19.4 Å². The van der Waals surface area contributed by atoms with Crippen molar-refractivity contribution in [3.63, 3.8) is 0 Å². The Balaban J connectivity index is 0.000000741. The van der Waals surface area contributed by atoms with Crippen LogP contribution < -0.4 is 11.1 Å². The van der Waals surface area contributed by atoms with Crippen molar-refractivity contribution in [2.45, 2.75) is 27.7 Å². The lowest BCUT2D eigenvalue weighted by Crippen LogP contribution is -2.27. The van der Waals surface area contributed by atoms with E-state index in [9.17, 15) is 19.8 Å². The molecule has 0 saturated heterocycles. The maximum Gasteiger partial charge on any atom is 0.272 e. The van der Waals surface area contributed by atoms with E-state index in [1.807, 2.05) is 27.7 Å². The molecule has 0 saturated carbocycles. The van der Waals surface area contributed by atoms with Gasteiger partial charge in [0.15, 0.2) is 11.5 Å². The molecule has 2 rings (SSSR count). The first-order chi connectivity index (χ1) is 9.00. The van der Waals surface area contributed by atoms with Crippen LogP contribution >= 0.6 is 0 Å². The van der Waals surface area contributed by atoms with E-state index in [1.54, 1.807) is 0 Å². The number of H-pyrrole nitrogens is 1. The lowest BCUT2D eigenvalue weighted by atomic mass is 10.2. The van der Waals surface area contributed by atoms with E-state index in [4.69, 9.17) is 0 Å². The predicted molar refractivity (Wildman–Crippen MR) is 75.8 cm³/mol. The van der Waals surface area contributed by atoms with Crippen molar-refractivity contribution in [1.29, 1.82) is 0 Å². The SMILES string of the molecule is CC.CC.Cn1[nH]c(=O)c2cc(O)c(O)cc2c1=O. The van der Waals surface area contributed by atoms with Crippen molar-refractivity contribution in [2.75, 3.05) is 0 Å². The molecular weight excluding hydrogens is 248 g/mol. The zero-order chi connectivity index (χ0) is 15.2. The first-order valence-electron chi connectivity index (χ1n) is 6.15. The summed E-state index contributed by atoms with van der Waals surface area (Å²) in [7, 11) is 1.40. The number of aromatic hydroxyl groups is 2. The minimum atomic E-state index is -0.498. The van der Waals surface area contributed by atoms with Gasteiger partial charge in [0.05, 0.1) is 10.8 Å². The largest absolute Gasteiger partial charge is 0.504 e. The Hall–Kier alpha value is -2.24. The smallest absolute Gasteiger partial charge is 0.272 e. The fraction of sp³-hybridized carbons (Fsp3) is 0.385. The van der Waals surface area contributed by atoms with Gasteiger partial charge in [-0.25, -0.2) is 0 Å². The second-order valence-corrected chi connectivity index (χ2v) is 3.19. The molecule has 0 spiro atoms. The van der Waals surface area contributed by atoms with Crippen molar-refractivity contribution in [2.24, 2.45) is 7.05 Å². The molecule has 106 valence electrons. The first-order valence-corrected chi connectivity index (χ1v) is 6.15. The summed E-state index contributed by atoms with van der Waals surface area (Å²) in [5.41, 5.74) is -0.942. The highest BCUT2D eigenvalue weighted by Crippen LogP contribution is 2.26. The summed E-state index contributed by atoms with van der Waals surface area (Å²) in [5, 5.41) is 20.8. The fourth-order valence-corrected chi connectivity index (χ4v) is 1.39. The van der Waals surface area contributed by atoms with Gasteiger partial charge < -0.3 is 10.2 Å². The van der Waals surface area contributed by atoms with Crippen LogP contribution in [-0.2, 0) is 7.05 Å². The number of nitrogens with zero attached hydrogens (tertiary/aromatic N) is 1. The zero-order valence-corrected chi connectivity index (χ0v) is 11.8. The lowest BCUT2D eigenvalue weighted by Gasteiger charge is -2.02. The molecule has 1 aromatic carbocycles. The number of fused-ring (bicyclic) bond motifs is 1. The van der Waals surface area contributed by atoms with Gasteiger partial charge in [0.1, 0.15) is 0 Å². The number of nitrogens with one attached hydrogen (secondary N) is 1. The van der Waals surface area contributed by atoms with Crippen LogP contribution in [0.5, 0.6) is 11.5 Å². The summed E-state index contributed by atoms with van der Waals surface area (Å²) in [6, 6.07) is 2.13. The number of aromatic amines is 1. The van der Waals surface area contributed by atoms with Crippen LogP contribution in [0.4, 0.5) is 0 Å². The van der Waals surface area contributed by atoms with Crippen LogP contribution in [0.1, 0.15) is 27.7 Å². The summed E-state index contributed by atoms with van der Waals surface area (Å²) >= 11 is 0. The number of phenols is 2. The second kappa shape index (κ2) is 7.25. The van der Waals surface area contributed by atoms with E-state index in [2.05, 4.69) is 5.10 Å². The van der Waals surface area contributed by atoms with Crippen LogP contribution in [0.2, 0.25) is 0 Å². The Kier molecular flexibility index (Phi) is 6.40. The molecule has 6 heteroatoms. The third-order valence-corrected chi connectivity index (χ3v) is 2.16. The maximum absolute atomic E-state index is 11.5. The number of hydrogen-bond acceptors (Lipinski definition) is 4. The average Bonchev–Trinajstić information content (AvgIpc) is 2.43. The number of aromatic nitrogens is 2. The Morgan fingerprint density at radius 2 is 1.37 bits per heavy atom. The summed E-state index contributed by atoms with van der Waals surface area (Å²) < 4.78 is 1.02. The maximum atomic E-state index is 11.5. The molecule has 1 aromatic heterocycles. The molecule has 0 aliphatic rings. The van der Waals surface area contributed by atoms with Gasteiger partial charge in [0.2, 0.25) is 0 Å². The number of hydrogen-bond donors (Lipinski definition) is 3. The molecule has 0 aliphatic heterocycles. The van der Waals surface area contributed by atoms with Gasteiger partial charge in [-0.15, -0.1) is 0 Å². The fourth-order valence-electron chi connectivity index (χ4n) is 1.39. The Labute approximate surface area is 110 Å². The summed E-state index contributed by atoms with van der Waals surface area (Å²) in [6.07, 6.45) is 0. The summed E-state index contributed by atoms with van der Waals surface area (Å²) in [6.45, 7) is 8.00. The summed E-state index contributed by atoms with van der Waals surface area (Å²) in [5.74, 6) is -0.855. The van der Waals surface area contributed by atoms with Crippen LogP contribution in [0.25, 0.3) is 10.8 Å². The minimum absolute atomic E-state index is 0.0494. The monoisotopic (exact) mass is 268 g/mol. The van der Waals surface area contributed by atoms with Crippen molar-refractivity contribution in [3.05, 3.63) is 32.8 Å². The molecule has 0 aliphatic carbocycles. The van der Waals surface area contributed by atoms with Crippen molar-refractivity contribution in [3.8, 4) is 11.5 Å². The number of benzene rings is 1. The zero-order valence-electron chi connectivity index (χ0n) is 11.8. The molecule has 0 radical (unpaired) electrons. The Morgan fingerprint density at radius 1 is 0.947 bits per heavy atom. The van der Waals surface area contributed by atoms with Gasteiger partial charge in [0, 0.05) is 7.05 Å². The van der Waals surface area contributed by atoms with Crippen LogP contribution in [0.3, 0.4) is 0 Å². The number of rotatable bonds is 0. The first kappa shape index (κ1) is 16.8. The van der Waals surface area contributed by atoms with E-state index < -0.39 is 22.6 Å². The molecule has 0 amide bonds. The molecule has 2 aromatic rings. The number of phenolic OH excluding ortho intramolecular Hbond substituents is 2. The Bertz CT molecular complexity index is 656. The third-order valence-electron chi connectivity index (χ3n) is 2.16. The van der Waals surface area contributed by atoms with E-state index >= 15 is 0 Å². The molecule has 0 unspecified atom stereocenters. The predicted octanol–water partition coefficient (Wildman–Crippen LogP) is 1.69. The van der Waals surface area contributed by atoms with Crippen LogP contribution in [0, 0.1) is 0 Å².